The number of furan rings is 1. The van der Waals surface area contributed by atoms with Crippen molar-refractivity contribution in [3.05, 3.63) is 101 Å². The molecule has 1 N–H and O–H groups in total. The monoisotopic (exact) mass is 373 g/mol. The van der Waals surface area contributed by atoms with Crippen molar-refractivity contribution in [3.8, 4) is 0 Å². The van der Waals surface area contributed by atoms with Gasteiger partial charge in [0.15, 0.2) is 5.76 Å². The van der Waals surface area contributed by atoms with E-state index in [9.17, 15) is 14.0 Å². The standard InChI is InChI=1S/C23H16FNO3/c1-14-18-13-16(25-23(27)17-9-5-6-10-19(17)24)11-12-20(18)28-22(14)21(26)15-7-3-2-4-8-15/h2-13H,1H3,(H,25,27). The summed E-state index contributed by atoms with van der Waals surface area (Å²) in [7, 11) is 0. The second-order valence-electron chi connectivity index (χ2n) is 6.40. The lowest BCUT2D eigenvalue weighted by Gasteiger charge is -2.06. The fourth-order valence-corrected chi connectivity index (χ4v) is 3.08. The number of ketones is 1. The van der Waals surface area contributed by atoms with Crippen LogP contribution >= 0.6 is 0 Å². The molecule has 0 aliphatic rings. The van der Waals surface area contributed by atoms with Crippen molar-refractivity contribution in [2.75, 3.05) is 5.32 Å². The molecule has 0 saturated carbocycles. The average molecular weight is 373 g/mol. The fraction of sp³-hybridized carbons (Fsp3) is 0.0435. The van der Waals surface area contributed by atoms with Gasteiger partial charge in [-0.1, -0.05) is 42.5 Å². The van der Waals surface area contributed by atoms with Crippen molar-refractivity contribution >= 4 is 28.3 Å². The lowest BCUT2D eigenvalue weighted by Crippen LogP contribution is -2.13. The normalized spacial score (nSPS) is 10.8. The first-order chi connectivity index (χ1) is 13.5. The molecule has 4 nitrogen and oxygen atoms in total. The maximum absolute atomic E-state index is 13.8. The summed E-state index contributed by atoms with van der Waals surface area (Å²) in [6.45, 7) is 1.80. The van der Waals surface area contributed by atoms with Crippen molar-refractivity contribution in [1.82, 2.24) is 0 Å². The smallest absolute Gasteiger partial charge is 0.258 e. The zero-order chi connectivity index (χ0) is 19.7. The molecule has 3 aromatic carbocycles. The molecule has 1 aromatic heterocycles. The molecule has 0 bridgehead atoms. The Kier molecular flexibility index (Phi) is 4.49. The summed E-state index contributed by atoms with van der Waals surface area (Å²) in [5.74, 6) is -1.07. The number of aryl methyl sites for hydroxylation is 1. The van der Waals surface area contributed by atoms with Crippen molar-refractivity contribution in [1.29, 1.82) is 0 Å². The van der Waals surface area contributed by atoms with E-state index in [2.05, 4.69) is 5.32 Å². The first-order valence-electron chi connectivity index (χ1n) is 8.73. The van der Waals surface area contributed by atoms with Crippen LogP contribution in [0.4, 0.5) is 10.1 Å². The molecule has 0 fully saturated rings. The minimum atomic E-state index is -0.587. The first kappa shape index (κ1) is 17.7. The Morgan fingerprint density at radius 2 is 1.64 bits per heavy atom. The summed E-state index contributed by atoms with van der Waals surface area (Å²) in [5, 5.41) is 3.40. The third-order valence-electron chi connectivity index (χ3n) is 4.55. The average Bonchev–Trinajstić information content (AvgIpc) is 3.04. The SMILES string of the molecule is Cc1c(C(=O)c2ccccc2)oc2ccc(NC(=O)c3ccccc3F)cc12. The predicted molar refractivity (Wildman–Crippen MR) is 105 cm³/mol. The molecule has 1 heterocycles. The lowest BCUT2D eigenvalue weighted by atomic mass is 10.0. The molecule has 0 radical (unpaired) electrons. The molecule has 28 heavy (non-hydrogen) atoms. The number of carbonyl (C=O) groups is 2. The van der Waals surface area contributed by atoms with E-state index in [1.807, 2.05) is 6.07 Å². The van der Waals surface area contributed by atoms with Gasteiger partial charge in [-0.3, -0.25) is 9.59 Å². The quantitative estimate of drug-likeness (QED) is 0.490. The largest absolute Gasteiger partial charge is 0.452 e. The topological polar surface area (TPSA) is 59.3 Å². The van der Waals surface area contributed by atoms with Gasteiger partial charge in [-0.05, 0) is 37.3 Å². The molecule has 0 atom stereocenters. The van der Waals surface area contributed by atoms with Crippen LogP contribution in [-0.2, 0) is 0 Å². The number of anilines is 1. The molecular weight excluding hydrogens is 357 g/mol. The van der Waals surface area contributed by atoms with Crippen LogP contribution in [0.15, 0.2) is 77.2 Å². The number of fused-ring (bicyclic) bond motifs is 1. The van der Waals surface area contributed by atoms with Crippen molar-refractivity contribution < 1.29 is 18.4 Å². The van der Waals surface area contributed by atoms with E-state index in [0.29, 0.717) is 27.8 Å². The molecule has 4 aromatic rings. The predicted octanol–water partition coefficient (Wildman–Crippen LogP) is 5.36. The highest BCUT2D eigenvalue weighted by Gasteiger charge is 2.20. The maximum atomic E-state index is 13.8. The molecule has 138 valence electrons. The number of hydrogen-bond acceptors (Lipinski definition) is 3. The van der Waals surface area contributed by atoms with E-state index in [1.54, 1.807) is 55.5 Å². The molecule has 0 unspecified atom stereocenters. The molecule has 5 heteroatoms. The first-order valence-corrected chi connectivity index (χ1v) is 8.73. The Morgan fingerprint density at radius 1 is 0.929 bits per heavy atom. The highest BCUT2D eigenvalue weighted by Crippen LogP contribution is 2.29. The number of rotatable bonds is 4. The Hall–Kier alpha value is -3.73. The van der Waals surface area contributed by atoms with Crippen LogP contribution in [0, 0.1) is 12.7 Å². The lowest BCUT2D eigenvalue weighted by molar-refractivity contribution is 0.101. The summed E-state index contributed by atoms with van der Waals surface area (Å²) in [6, 6.07) is 19.7. The molecule has 0 saturated heterocycles. The van der Waals surface area contributed by atoms with Crippen LogP contribution < -0.4 is 5.32 Å². The fourth-order valence-electron chi connectivity index (χ4n) is 3.08. The highest BCUT2D eigenvalue weighted by molar-refractivity contribution is 6.11. The number of nitrogens with one attached hydrogen (secondary N) is 1. The van der Waals surface area contributed by atoms with Gasteiger partial charge in [0.1, 0.15) is 11.4 Å². The van der Waals surface area contributed by atoms with E-state index in [-0.39, 0.29) is 17.1 Å². The van der Waals surface area contributed by atoms with E-state index >= 15 is 0 Å². The van der Waals surface area contributed by atoms with Gasteiger partial charge in [0.05, 0.1) is 5.56 Å². The Balaban J connectivity index is 1.66. The third-order valence-corrected chi connectivity index (χ3v) is 4.55. The maximum Gasteiger partial charge on any atom is 0.258 e. The van der Waals surface area contributed by atoms with Crippen LogP contribution in [-0.4, -0.2) is 11.7 Å². The van der Waals surface area contributed by atoms with Gasteiger partial charge in [0.2, 0.25) is 5.78 Å². The number of amides is 1. The van der Waals surface area contributed by atoms with Gasteiger partial charge in [-0.25, -0.2) is 4.39 Å². The van der Waals surface area contributed by atoms with Crippen LogP contribution in [0.3, 0.4) is 0 Å². The number of benzene rings is 3. The molecule has 0 aliphatic heterocycles. The Bertz CT molecular complexity index is 1200. The second kappa shape index (κ2) is 7.12. The Morgan fingerprint density at radius 3 is 2.39 bits per heavy atom. The third kappa shape index (κ3) is 3.18. The summed E-state index contributed by atoms with van der Waals surface area (Å²) < 4.78 is 19.6. The molecular formula is C23H16FNO3. The summed E-state index contributed by atoms with van der Waals surface area (Å²) in [6.07, 6.45) is 0. The second-order valence-corrected chi connectivity index (χ2v) is 6.40. The number of halogens is 1. The molecule has 1 amide bonds. The summed E-state index contributed by atoms with van der Waals surface area (Å²) in [4.78, 5) is 25.0. The summed E-state index contributed by atoms with van der Waals surface area (Å²) >= 11 is 0. The van der Waals surface area contributed by atoms with E-state index in [4.69, 9.17) is 4.42 Å². The van der Waals surface area contributed by atoms with Gasteiger partial charge in [0, 0.05) is 22.2 Å². The zero-order valence-corrected chi connectivity index (χ0v) is 15.0. The van der Waals surface area contributed by atoms with Gasteiger partial charge in [0.25, 0.3) is 5.91 Å². The Labute approximate surface area is 160 Å². The van der Waals surface area contributed by atoms with Crippen LogP contribution in [0.25, 0.3) is 11.0 Å². The van der Waals surface area contributed by atoms with Crippen molar-refractivity contribution in [3.63, 3.8) is 0 Å². The van der Waals surface area contributed by atoms with Crippen molar-refractivity contribution in [2.24, 2.45) is 0 Å². The highest BCUT2D eigenvalue weighted by atomic mass is 19.1. The van der Waals surface area contributed by atoms with E-state index in [0.717, 1.165) is 0 Å². The minimum absolute atomic E-state index is 0.0357. The van der Waals surface area contributed by atoms with E-state index in [1.165, 1.54) is 18.2 Å². The van der Waals surface area contributed by atoms with Crippen LogP contribution in [0.1, 0.15) is 32.0 Å². The zero-order valence-electron chi connectivity index (χ0n) is 15.0. The summed E-state index contributed by atoms with van der Waals surface area (Å²) in [5.41, 5.74) is 2.22. The molecule has 0 aliphatic carbocycles. The van der Waals surface area contributed by atoms with Gasteiger partial charge >= 0.3 is 0 Å². The van der Waals surface area contributed by atoms with Crippen LogP contribution in [0.2, 0.25) is 0 Å². The number of hydrogen-bond donors (Lipinski definition) is 1. The van der Waals surface area contributed by atoms with Crippen LogP contribution in [0.5, 0.6) is 0 Å². The minimum Gasteiger partial charge on any atom is -0.452 e. The molecule has 4 rings (SSSR count). The molecule has 0 spiro atoms. The van der Waals surface area contributed by atoms with Crippen molar-refractivity contribution in [2.45, 2.75) is 6.92 Å². The van der Waals surface area contributed by atoms with Gasteiger partial charge in [-0.15, -0.1) is 0 Å². The van der Waals surface area contributed by atoms with Gasteiger partial charge < -0.3 is 9.73 Å². The van der Waals surface area contributed by atoms with E-state index < -0.39 is 11.7 Å². The van der Waals surface area contributed by atoms with Gasteiger partial charge in [-0.2, -0.15) is 0 Å². The number of carbonyl (C=O) groups excluding carboxylic acids is 2.